The van der Waals surface area contributed by atoms with Crippen LogP contribution >= 0.6 is 23.4 Å². The molecule has 8 heteroatoms. The molecule has 0 saturated heterocycles. The summed E-state index contributed by atoms with van der Waals surface area (Å²) in [5.74, 6) is -0.641. The van der Waals surface area contributed by atoms with Gasteiger partial charge in [-0.1, -0.05) is 71.9 Å². The van der Waals surface area contributed by atoms with E-state index in [1.54, 1.807) is 35.9 Å². The molecule has 0 saturated carbocycles. The van der Waals surface area contributed by atoms with E-state index in [9.17, 15) is 14.0 Å². The minimum Gasteiger partial charge on any atom is -0.341 e. The van der Waals surface area contributed by atoms with Crippen molar-refractivity contribution in [3.05, 3.63) is 105 Å². The van der Waals surface area contributed by atoms with Gasteiger partial charge in [0.1, 0.15) is 5.82 Å². The molecule has 0 unspecified atom stereocenters. The van der Waals surface area contributed by atoms with Crippen molar-refractivity contribution in [2.45, 2.75) is 18.2 Å². The van der Waals surface area contributed by atoms with E-state index in [1.807, 2.05) is 36.4 Å². The molecule has 1 amide bonds. The first-order valence-electron chi connectivity index (χ1n) is 10.3. The fourth-order valence-electron chi connectivity index (χ4n) is 3.41. The molecule has 0 N–H and O–H groups in total. The summed E-state index contributed by atoms with van der Waals surface area (Å²) >= 11 is 7.28. The quantitative estimate of drug-likeness (QED) is 0.276. The second kappa shape index (κ2) is 10.2. The highest BCUT2D eigenvalue weighted by molar-refractivity contribution is 7.99. The normalized spacial score (nSPS) is 11.0. The third-order valence-corrected chi connectivity index (χ3v) is 6.53. The molecule has 4 rings (SSSR count). The molecule has 0 fully saturated rings. The van der Waals surface area contributed by atoms with Gasteiger partial charge in [0.15, 0.2) is 5.16 Å². The fraction of sp³-hybridized carbons (Fsp3) is 0.160. The summed E-state index contributed by atoms with van der Waals surface area (Å²) in [5.41, 5.74) is 1.64. The highest BCUT2D eigenvalue weighted by atomic mass is 35.5. The van der Waals surface area contributed by atoms with Crippen molar-refractivity contribution in [2.75, 3.05) is 12.8 Å². The van der Waals surface area contributed by atoms with Crippen LogP contribution < -0.4 is 5.56 Å². The SMILES string of the molecule is CN(Cc1c(F)cccc1Cl)C(=O)CSc1nc2ccccc2c(=O)n1Cc1ccccc1. The van der Waals surface area contributed by atoms with Gasteiger partial charge in [-0.2, -0.15) is 0 Å². The number of carbonyl (C=O) groups is 1. The van der Waals surface area contributed by atoms with Gasteiger partial charge < -0.3 is 4.90 Å². The molecule has 0 aliphatic heterocycles. The van der Waals surface area contributed by atoms with Gasteiger partial charge in [-0.25, -0.2) is 9.37 Å². The molecular weight excluding hydrogens is 461 g/mol. The highest BCUT2D eigenvalue weighted by Crippen LogP contribution is 2.22. The molecule has 0 spiro atoms. The first-order valence-corrected chi connectivity index (χ1v) is 11.6. The topological polar surface area (TPSA) is 55.2 Å². The standard InChI is InChI=1S/C25H21ClFN3O2S/c1-29(15-19-20(26)11-7-12-21(19)27)23(31)16-33-25-28-22-13-6-5-10-18(22)24(32)30(25)14-17-8-3-2-4-9-17/h2-13H,14-16H2,1H3. The second-order valence-electron chi connectivity index (χ2n) is 7.53. The molecule has 168 valence electrons. The van der Waals surface area contributed by atoms with Crippen LogP contribution in [0, 0.1) is 5.82 Å². The summed E-state index contributed by atoms with van der Waals surface area (Å²) in [6.07, 6.45) is 0. The third-order valence-electron chi connectivity index (χ3n) is 5.22. The number of para-hydroxylation sites is 1. The number of hydrogen-bond acceptors (Lipinski definition) is 4. The summed E-state index contributed by atoms with van der Waals surface area (Å²) in [4.78, 5) is 32.1. The molecule has 1 aromatic heterocycles. The van der Waals surface area contributed by atoms with Crippen molar-refractivity contribution in [3.8, 4) is 0 Å². The van der Waals surface area contributed by atoms with E-state index < -0.39 is 5.82 Å². The van der Waals surface area contributed by atoms with Gasteiger partial charge in [-0.3, -0.25) is 14.2 Å². The van der Waals surface area contributed by atoms with E-state index in [-0.39, 0.29) is 34.4 Å². The number of carbonyl (C=O) groups excluding carboxylic acids is 1. The Morgan fingerprint density at radius 3 is 2.55 bits per heavy atom. The lowest BCUT2D eigenvalue weighted by Crippen LogP contribution is -2.29. The minimum atomic E-state index is -0.456. The maximum Gasteiger partial charge on any atom is 0.262 e. The number of fused-ring (bicyclic) bond motifs is 1. The van der Waals surface area contributed by atoms with Crippen molar-refractivity contribution in [1.82, 2.24) is 14.5 Å². The monoisotopic (exact) mass is 481 g/mol. The average Bonchev–Trinajstić information content (AvgIpc) is 2.82. The van der Waals surface area contributed by atoms with Crippen LogP contribution in [-0.2, 0) is 17.9 Å². The Morgan fingerprint density at radius 2 is 1.79 bits per heavy atom. The van der Waals surface area contributed by atoms with Gasteiger partial charge in [0.05, 0.1) is 23.2 Å². The maximum atomic E-state index is 14.1. The molecule has 33 heavy (non-hydrogen) atoms. The zero-order valence-corrected chi connectivity index (χ0v) is 19.4. The van der Waals surface area contributed by atoms with Crippen molar-refractivity contribution in [3.63, 3.8) is 0 Å². The Morgan fingerprint density at radius 1 is 1.06 bits per heavy atom. The molecule has 0 bridgehead atoms. The van der Waals surface area contributed by atoms with Crippen LogP contribution in [0.1, 0.15) is 11.1 Å². The Hall–Kier alpha value is -3.16. The summed E-state index contributed by atoms with van der Waals surface area (Å²) in [7, 11) is 1.59. The third kappa shape index (κ3) is 5.26. The molecule has 0 aliphatic carbocycles. The van der Waals surface area contributed by atoms with Crippen LogP contribution in [-0.4, -0.2) is 33.2 Å². The minimum absolute atomic E-state index is 0.0438. The van der Waals surface area contributed by atoms with Crippen molar-refractivity contribution >= 4 is 40.2 Å². The van der Waals surface area contributed by atoms with Gasteiger partial charge in [-0.15, -0.1) is 0 Å². The molecule has 0 radical (unpaired) electrons. The fourth-order valence-corrected chi connectivity index (χ4v) is 4.57. The highest BCUT2D eigenvalue weighted by Gasteiger charge is 2.17. The molecular formula is C25H21ClFN3O2S. The van der Waals surface area contributed by atoms with Crippen molar-refractivity contribution in [2.24, 2.45) is 0 Å². The molecule has 4 aromatic rings. The lowest BCUT2D eigenvalue weighted by atomic mass is 10.2. The predicted molar refractivity (Wildman–Crippen MR) is 130 cm³/mol. The van der Waals surface area contributed by atoms with Crippen molar-refractivity contribution in [1.29, 1.82) is 0 Å². The zero-order chi connectivity index (χ0) is 23.4. The van der Waals surface area contributed by atoms with E-state index in [0.29, 0.717) is 22.6 Å². The van der Waals surface area contributed by atoms with Crippen LogP contribution in [0.5, 0.6) is 0 Å². The number of hydrogen-bond donors (Lipinski definition) is 0. The number of aromatic nitrogens is 2. The van der Waals surface area contributed by atoms with Gasteiger partial charge in [0.2, 0.25) is 5.91 Å². The van der Waals surface area contributed by atoms with Crippen molar-refractivity contribution < 1.29 is 9.18 Å². The Labute approximate surface area is 199 Å². The maximum absolute atomic E-state index is 14.1. The van der Waals surface area contributed by atoms with Gasteiger partial charge >= 0.3 is 0 Å². The summed E-state index contributed by atoms with van der Waals surface area (Å²) in [6.45, 7) is 0.390. The summed E-state index contributed by atoms with van der Waals surface area (Å²) in [6, 6.07) is 21.2. The van der Waals surface area contributed by atoms with Crippen LogP contribution in [0.2, 0.25) is 5.02 Å². The van der Waals surface area contributed by atoms with E-state index in [1.165, 1.54) is 28.8 Å². The molecule has 1 heterocycles. The van der Waals surface area contributed by atoms with Gasteiger partial charge in [0.25, 0.3) is 5.56 Å². The smallest absolute Gasteiger partial charge is 0.262 e. The molecule has 0 atom stereocenters. The number of halogens is 2. The van der Waals surface area contributed by atoms with Gasteiger partial charge in [0, 0.05) is 24.2 Å². The average molecular weight is 482 g/mol. The summed E-state index contributed by atoms with van der Waals surface area (Å²) in [5, 5.41) is 1.25. The molecule has 5 nitrogen and oxygen atoms in total. The van der Waals surface area contributed by atoms with E-state index >= 15 is 0 Å². The van der Waals surface area contributed by atoms with Crippen LogP contribution in [0.3, 0.4) is 0 Å². The van der Waals surface area contributed by atoms with Crippen LogP contribution in [0.15, 0.2) is 82.7 Å². The van der Waals surface area contributed by atoms with Gasteiger partial charge in [-0.05, 0) is 29.8 Å². The number of benzene rings is 3. The predicted octanol–water partition coefficient (Wildman–Crippen LogP) is 4.99. The number of thioether (sulfide) groups is 1. The Kier molecular flexibility index (Phi) is 7.11. The zero-order valence-electron chi connectivity index (χ0n) is 17.9. The van der Waals surface area contributed by atoms with Crippen LogP contribution in [0.25, 0.3) is 10.9 Å². The van der Waals surface area contributed by atoms with E-state index in [2.05, 4.69) is 4.98 Å². The Balaban J connectivity index is 1.58. The van der Waals surface area contributed by atoms with Crippen LogP contribution in [0.4, 0.5) is 4.39 Å². The molecule has 0 aliphatic rings. The lowest BCUT2D eigenvalue weighted by molar-refractivity contribution is -0.127. The first kappa shape index (κ1) is 23.0. The second-order valence-corrected chi connectivity index (χ2v) is 8.88. The number of amides is 1. The first-order chi connectivity index (χ1) is 15.9. The van der Waals surface area contributed by atoms with E-state index in [0.717, 1.165) is 5.56 Å². The Bertz CT molecular complexity index is 1340. The largest absolute Gasteiger partial charge is 0.341 e. The lowest BCUT2D eigenvalue weighted by Gasteiger charge is -2.19. The number of rotatable bonds is 7. The van der Waals surface area contributed by atoms with E-state index in [4.69, 9.17) is 11.6 Å². The number of nitrogens with zero attached hydrogens (tertiary/aromatic N) is 3. The molecule has 3 aromatic carbocycles. The summed E-state index contributed by atoms with van der Waals surface area (Å²) < 4.78 is 15.7.